The first kappa shape index (κ1) is 15.5. The van der Waals surface area contributed by atoms with Gasteiger partial charge in [0.05, 0.1) is 4.90 Å². The Hall–Kier alpha value is -0.910. The number of hydrogen-bond donors (Lipinski definition) is 0. The zero-order chi connectivity index (χ0) is 14.8. The second-order valence-corrected chi connectivity index (χ2v) is 7.78. The van der Waals surface area contributed by atoms with Crippen LogP contribution in [0.15, 0.2) is 29.2 Å². The molecule has 112 valence electrons. The topological polar surface area (TPSA) is 40.6 Å². The van der Waals surface area contributed by atoms with Gasteiger partial charge in [-0.2, -0.15) is 4.31 Å². The van der Waals surface area contributed by atoms with Gasteiger partial charge in [0.15, 0.2) is 0 Å². The van der Waals surface area contributed by atoms with Crippen molar-refractivity contribution in [3.63, 3.8) is 0 Å². The van der Waals surface area contributed by atoms with Gasteiger partial charge in [-0.15, -0.1) is 0 Å². The van der Waals surface area contributed by atoms with E-state index in [0.29, 0.717) is 23.9 Å². The summed E-state index contributed by atoms with van der Waals surface area (Å²) in [6.45, 7) is 4.16. The van der Waals surface area contributed by atoms with Crippen molar-refractivity contribution in [3.8, 4) is 0 Å². The third kappa shape index (κ3) is 3.40. The van der Waals surface area contributed by atoms with Crippen molar-refractivity contribution in [1.29, 1.82) is 0 Å². The molecular weight excluding hydrogens is 272 g/mol. The summed E-state index contributed by atoms with van der Waals surface area (Å²) in [6, 6.07) is 7.22. The smallest absolute Gasteiger partial charge is 0.243 e. The Morgan fingerprint density at radius 2 is 1.80 bits per heavy atom. The minimum Gasteiger partial charge on any atom is -0.309 e. The molecule has 0 saturated carbocycles. The van der Waals surface area contributed by atoms with Crippen molar-refractivity contribution < 1.29 is 8.42 Å². The van der Waals surface area contributed by atoms with Crippen LogP contribution in [0.25, 0.3) is 0 Å². The number of benzene rings is 1. The van der Waals surface area contributed by atoms with Gasteiger partial charge in [0, 0.05) is 19.6 Å². The maximum Gasteiger partial charge on any atom is 0.243 e. The van der Waals surface area contributed by atoms with Gasteiger partial charge in [0.2, 0.25) is 10.0 Å². The quantitative estimate of drug-likeness (QED) is 0.853. The van der Waals surface area contributed by atoms with Crippen molar-refractivity contribution >= 4 is 10.0 Å². The number of rotatable bonds is 4. The lowest BCUT2D eigenvalue weighted by molar-refractivity contribution is 0.225. The van der Waals surface area contributed by atoms with Crippen LogP contribution in [-0.2, 0) is 10.0 Å². The Kier molecular flexibility index (Phi) is 4.83. The summed E-state index contributed by atoms with van der Waals surface area (Å²) in [5.41, 5.74) is 0.822. The molecule has 0 aromatic heterocycles. The first-order chi connectivity index (χ1) is 9.41. The molecule has 0 spiro atoms. The molecule has 4 nitrogen and oxygen atoms in total. The highest BCUT2D eigenvalue weighted by molar-refractivity contribution is 7.89. The molecule has 2 rings (SSSR count). The lowest BCUT2D eigenvalue weighted by Gasteiger charge is -2.32. The molecule has 0 amide bonds. The fraction of sp³-hybridized carbons (Fsp3) is 0.600. The molecule has 0 unspecified atom stereocenters. The summed E-state index contributed by atoms with van der Waals surface area (Å²) >= 11 is 0. The van der Waals surface area contributed by atoms with Crippen LogP contribution in [0.5, 0.6) is 0 Å². The van der Waals surface area contributed by atoms with Crippen LogP contribution in [0.1, 0.15) is 18.4 Å². The van der Waals surface area contributed by atoms with E-state index in [-0.39, 0.29) is 0 Å². The van der Waals surface area contributed by atoms with Crippen LogP contribution in [-0.4, -0.2) is 51.4 Å². The van der Waals surface area contributed by atoms with Crippen LogP contribution in [0.3, 0.4) is 0 Å². The summed E-state index contributed by atoms with van der Waals surface area (Å²) in [7, 11) is 0.807. The van der Waals surface area contributed by atoms with Crippen molar-refractivity contribution in [2.24, 2.45) is 5.92 Å². The highest BCUT2D eigenvalue weighted by Gasteiger charge is 2.30. The highest BCUT2D eigenvalue weighted by Crippen LogP contribution is 2.25. The van der Waals surface area contributed by atoms with Gasteiger partial charge in [0.25, 0.3) is 0 Å². The predicted molar refractivity (Wildman–Crippen MR) is 81.2 cm³/mol. The van der Waals surface area contributed by atoms with Crippen molar-refractivity contribution in [3.05, 3.63) is 29.8 Å². The summed E-state index contributed by atoms with van der Waals surface area (Å²) < 4.78 is 26.9. The van der Waals surface area contributed by atoms with E-state index in [1.165, 1.54) is 0 Å². The van der Waals surface area contributed by atoms with Gasteiger partial charge < -0.3 is 4.90 Å². The molecule has 20 heavy (non-hydrogen) atoms. The van der Waals surface area contributed by atoms with Crippen molar-refractivity contribution in [2.75, 3.05) is 33.7 Å². The molecule has 0 radical (unpaired) electrons. The number of piperidine rings is 1. The standard InChI is InChI=1S/C15H24N2O2S/c1-13-6-4-5-7-15(13)20(18,19)17-10-8-14(9-11-17)12-16(2)3/h4-7,14H,8-12H2,1-3H3. The van der Waals surface area contributed by atoms with Gasteiger partial charge >= 0.3 is 0 Å². The molecule has 1 aliphatic rings. The average Bonchev–Trinajstić information content (AvgIpc) is 2.39. The third-order valence-electron chi connectivity index (χ3n) is 3.91. The normalized spacial score (nSPS) is 18.6. The van der Waals surface area contributed by atoms with Gasteiger partial charge in [-0.1, -0.05) is 18.2 Å². The molecular formula is C15H24N2O2S. The van der Waals surface area contributed by atoms with E-state index >= 15 is 0 Å². The summed E-state index contributed by atoms with van der Waals surface area (Å²) in [6.07, 6.45) is 1.90. The van der Waals surface area contributed by atoms with Gasteiger partial charge in [-0.3, -0.25) is 0 Å². The van der Waals surface area contributed by atoms with E-state index in [1.807, 2.05) is 19.1 Å². The molecule has 1 aliphatic heterocycles. The van der Waals surface area contributed by atoms with E-state index < -0.39 is 10.0 Å². The minimum atomic E-state index is -3.32. The lowest BCUT2D eigenvalue weighted by atomic mass is 9.98. The molecule has 0 aliphatic carbocycles. The van der Waals surface area contributed by atoms with Crippen LogP contribution in [0.4, 0.5) is 0 Å². The zero-order valence-electron chi connectivity index (χ0n) is 12.5. The van der Waals surface area contributed by atoms with E-state index in [0.717, 1.165) is 24.9 Å². The van der Waals surface area contributed by atoms with Gasteiger partial charge in [-0.05, 0) is 51.4 Å². The number of sulfonamides is 1. The lowest BCUT2D eigenvalue weighted by Crippen LogP contribution is -2.40. The molecule has 0 bridgehead atoms. The number of aryl methyl sites for hydroxylation is 1. The third-order valence-corrected chi connectivity index (χ3v) is 5.97. The molecule has 0 N–H and O–H groups in total. The first-order valence-corrected chi connectivity index (χ1v) is 8.56. The van der Waals surface area contributed by atoms with Crippen LogP contribution in [0.2, 0.25) is 0 Å². The Labute approximate surface area is 122 Å². The summed E-state index contributed by atoms with van der Waals surface area (Å²) in [5, 5.41) is 0. The van der Waals surface area contributed by atoms with Crippen LogP contribution >= 0.6 is 0 Å². The van der Waals surface area contributed by atoms with E-state index in [2.05, 4.69) is 19.0 Å². The van der Waals surface area contributed by atoms with E-state index in [4.69, 9.17) is 0 Å². The Morgan fingerprint density at radius 3 is 2.35 bits per heavy atom. The highest BCUT2D eigenvalue weighted by atomic mass is 32.2. The summed E-state index contributed by atoms with van der Waals surface area (Å²) in [5.74, 6) is 0.605. The average molecular weight is 296 g/mol. The number of nitrogens with zero attached hydrogens (tertiary/aromatic N) is 2. The fourth-order valence-corrected chi connectivity index (χ4v) is 4.53. The SMILES string of the molecule is Cc1ccccc1S(=O)(=O)N1CCC(CN(C)C)CC1. The van der Waals surface area contributed by atoms with E-state index in [1.54, 1.807) is 16.4 Å². The first-order valence-electron chi connectivity index (χ1n) is 7.12. The molecule has 1 saturated heterocycles. The maximum atomic E-state index is 12.7. The van der Waals surface area contributed by atoms with Crippen LogP contribution in [0, 0.1) is 12.8 Å². The molecule has 1 aromatic rings. The number of hydrogen-bond acceptors (Lipinski definition) is 3. The second kappa shape index (κ2) is 6.24. The largest absolute Gasteiger partial charge is 0.309 e. The van der Waals surface area contributed by atoms with Crippen molar-refractivity contribution in [1.82, 2.24) is 9.21 Å². The summed E-state index contributed by atoms with van der Waals surface area (Å²) in [4.78, 5) is 2.63. The van der Waals surface area contributed by atoms with Crippen molar-refractivity contribution in [2.45, 2.75) is 24.7 Å². The fourth-order valence-electron chi connectivity index (χ4n) is 2.83. The zero-order valence-corrected chi connectivity index (χ0v) is 13.4. The predicted octanol–water partition coefficient (Wildman–Crippen LogP) is 1.96. The Bertz CT molecular complexity index is 547. The minimum absolute atomic E-state index is 0.450. The molecule has 1 fully saturated rings. The maximum absolute atomic E-state index is 12.7. The molecule has 0 atom stereocenters. The molecule has 1 aromatic carbocycles. The van der Waals surface area contributed by atoms with Gasteiger partial charge in [0.1, 0.15) is 0 Å². The van der Waals surface area contributed by atoms with Crippen LogP contribution < -0.4 is 0 Å². The molecule has 5 heteroatoms. The Morgan fingerprint density at radius 1 is 1.20 bits per heavy atom. The van der Waals surface area contributed by atoms with E-state index in [9.17, 15) is 8.42 Å². The molecule has 1 heterocycles. The Balaban J connectivity index is 2.08. The monoisotopic (exact) mass is 296 g/mol. The van der Waals surface area contributed by atoms with Gasteiger partial charge in [-0.25, -0.2) is 8.42 Å². The second-order valence-electron chi connectivity index (χ2n) is 5.88.